The molecule has 1 aliphatic rings. The van der Waals surface area contributed by atoms with E-state index >= 15 is 0 Å². The van der Waals surface area contributed by atoms with Crippen molar-refractivity contribution in [3.63, 3.8) is 0 Å². The first-order valence-electron chi connectivity index (χ1n) is 6.62. The van der Waals surface area contributed by atoms with Crippen molar-refractivity contribution in [3.05, 3.63) is 15.5 Å². The van der Waals surface area contributed by atoms with Crippen molar-refractivity contribution in [1.29, 1.82) is 0 Å². The maximum atomic E-state index is 5.73. The topological polar surface area (TPSA) is 27.1 Å². The average molecular weight is 348 g/mol. The lowest BCUT2D eigenvalue weighted by molar-refractivity contribution is 0.110. The highest BCUT2D eigenvalue weighted by Crippen LogP contribution is 2.31. The average Bonchev–Trinajstić information content (AvgIpc) is 2.94. The van der Waals surface area contributed by atoms with E-state index in [-0.39, 0.29) is 0 Å². The van der Waals surface area contributed by atoms with Crippen molar-refractivity contribution < 1.29 is 4.74 Å². The van der Waals surface area contributed by atoms with Crippen LogP contribution in [-0.2, 0) is 11.3 Å². The highest BCUT2D eigenvalue weighted by Gasteiger charge is 2.21. The Morgan fingerprint density at radius 1 is 1.47 bits per heavy atom. The molecule has 1 aliphatic carbocycles. The van der Waals surface area contributed by atoms with E-state index in [1.807, 2.05) is 6.20 Å². The Labute approximate surface area is 117 Å². The van der Waals surface area contributed by atoms with Gasteiger partial charge in [0.25, 0.3) is 0 Å². The maximum Gasteiger partial charge on any atom is 0.0895 e. The monoisotopic (exact) mass is 348 g/mol. The molecule has 17 heavy (non-hydrogen) atoms. The van der Waals surface area contributed by atoms with Gasteiger partial charge in [0, 0.05) is 6.61 Å². The van der Waals surface area contributed by atoms with Crippen LogP contribution in [0.15, 0.2) is 6.20 Å². The zero-order chi connectivity index (χ0) is 12.1. The van der Waals surface area contributed by atoms with Gasteiger partial charge in [-0.15, -0.1) is 0 Å². The molecule has 4 heteroatoms. The quantitative estimate of drug-likeness (QED) is 0.576. The van der Waals surface area contributed by atoms with E-state index in [0.29, 0.717) is 6.04 Å². The number of halogens is 1. The van der Waals surface area contributed by atoms with Crippen molar-refractivity contribution >= 4 is 22.6 Å². The second kappa shape index (κ2) is 6.73. The molecule has 1 fully saturated rings. The minimum Gasteiger partial charge on any atom is -0.375 e. The summed E-state index contributed by atoms with van der Waals surface area (Å²) in [6.07, 6.45) is 9.55. The van der Waals surface area contributed by atoms with Crippen LogP contribution >= 0.6 is 22.6 Å². The third kappa shape index (κ3) is 3.44. The third-order valence-corrected chi connectivity index (χ3v) is 4.30. The number of aromatic nitrogens is 2. The molecule has 1 aromatic rings. The van der Waals surface area contributed by atoms with Gasteiger partial charge in [-0.05, 0) is 41.9 Å². The fourth-order valence-electron chi connectivity index (χ4n) is 2.38. The smallest absolute Gasteiger partial charge is 0.0895 e. The normalized spacial score (nSPS) is 16.8. The van der Waals surface area contributed by atoms with Gasteiger partial charge in [-0.1, -0.05) is 26.2 Å². The van der Waals surface area contributed by atoms with Gasteiger partial charge in [-0.2, -0.15) is 5.10 Å². The largest absolute Gasteiger partial charge is 0.375 e. The third-order valence-electron chi connectivity index (χ3n) is 3.40. The highest BCUT2D eigenvalue weighted by molar-refractivity contribution is 14.1. The van der Waals surface area contributed by atoms with Crippen LogP contribution in [0.1, 0.15) is 57.2 Å². The summed E-state index contributed by atoms with van der Waals surface area (Å²) >= 11 is 2.37. The van der Waals surface area contributed by atoms with Crippen LogP contribution in [0.2, 0.25) is 0 Å². The molecule has 0 spiro atoms. The summed E-state index contributed by atoms with van der Waals surface area (Å²) in [5.41, 5.74) is 1.27. The number of hydrogen-bond acceptors (Lipinski definition) is 2. The Kier molecular flexibility index (Phi) is 5.28. The number of nitrogens with zero attached hydrogens (tertiary/aromatic N) is 2. The van der Waals surface area contributed by atoms with Crippen LogP contribution in [-0.4, -0.2) is 16.4 Å². The second-order valence-corrected chi connectivity index (χ2v) is 5.89. The van der Waals surface area contributed by atoms with E-state index < -0.39 is 0 Å². The molecule has 0 saturated heterocycles. The lowest BCUT2D eigenvalue weighted by atomic mass is 10.2. The SMILES string of the molecule is CCCCOCc1c(I)cnn1C1CCCC1. The summed E-state index contributed by atoms with van der Waals surface area (Å²) in [6.45, 7) is 3.77. The molecule has 0 atom stereocenters. The molecule has 0 unspecified atom stereocenters. The molecular weight excluding hydrogens is 327 g/mol. The fourth-order valence-corrected chi connectivity index (χ4v) is 2.91. The van der Waals surface area contributed by atoms with Gasteiger partial charge in [-0.25, -0.2) is 0 Å². The minimum atomic E-state index is 0.614. The van der Waals surface area contributed by atoms with E-state index in [9.17, 15) is 0 Å². The molecule has 0 amide bonds. The summed E-state index contributed by atoms with van der Waals surface area (Å²) in [4.78, 5) is 0. The van der Waals surface area contributed by atoms with Gasteiger partial charge in [0.1, 0.15) is 0 Å². The molecule has 0 N–H and O–H groups in total. The molecule has 1 saturated carbocycles. The number of ether oxygens (including phenoxy) is 1. The second-order valence-electron chi connectivity index (χ2n) is 4.73. The van der Waals surface area contributed by atoms with Crippen molar-refractivity contribution in [3.8, 4) is 0 Å². The van der Waals surface area contributed by atoms with Crippen molar-refractivity contribution in [2.75, 3.05) is 6.61 Å². The number of rotatable bonds is 6. The van der Waals surface area contributed by atoms with E-state index in [1.165, 1.54) is 41.4 Å². The molecule has 0 aromatic carbocycles. The Morgan fingerprint density at radius 3 is 2.94 bits per heavy atom. The summed E-state index contributed by atoms with van der Waals surface area (Å²) in [6, 6.07) is 0.614. The number of unbranched alkanes of at least 4 members (excludes halogenated alkanes) is 1. The van der Waals surface area contributed by atoms with Crippen LogP contribution in [0.3, 0.4) is 0 Å². The zero-order valence-corrected chi connectivity index (χ0v) is 12.6. The van der Waals surface area contributed by atoms with Gasteiger partial charge < -0.3 is 4.74 Å². The number of hydrogen-bond donors (Lipinski definition) is 0. The maximum absolute atomic E-state index is 5.73. The Bertz CT molecular complexity index is 345. The minimum absolute atomic E-state index is 0.614. The van der Waals surface area contributed by atoms with E-state index in [0.717, 1.165) is 19.6 Å². The van der Waals surface area contributed by atoms with Crippen LogP contribution in [0.25, 0.3) is 0 Å². The highest BCUT2D eigenvalue weighted by atomic mass is 127. The molecule has 1 aromatic heterocycles. The van der Waals surface area contributed by atoms with Crippen LogP contribution in [0.4, 0.5) is 0 Å². The van der Waals surface area contributed by atoms with Gasteiger partial charge in [0.05, 0.1) is 28.1 Å². The lowest BCUT2D eigenvalue weighted by Gasteiger charge is -2.14. The zero-order valence-electron chi connectivity index (χ0n) is 10.5. The first-order chi connectivity index (χ1) is 8.33. The summed E-state index contributed by atoms with van der Waals surface area (Å²) in [5.74, 6) is 0. The fraction of sp³-hybridized carbons (Fsp3) is 0.769. The Morgan fingerprint density at radius 2 is 2.24 bits per heavy atom. The van der Waals surface area contributed by atoms with Gasteiger partial charge in [0.2, 0.25) is 0 Å². The molecule has 0 radical (unpaired) electrons. The Balaban J connectivity index is 1.96. The van der Waals surface area contributed by atoms with Crippen molar-refractivity contribution in [2.24, 2.45) is 0 Å². The molecular formula is C13H21IN2O. The summed E-state index contributed by atoms with van der Waals surface area (Å²) in [7, 11) is 0. The predicted molar refractivity (Wildman–Crippen MR) is 77.0 cm³/mol. The predicted octanol–water partition coefficient (Wildman–Crippen LogP) is 3.92. The van der Waals surface area contributed by atoms with E-state index in [1.54, 1.807) is 0 Å². The lowest BCUT2D eigenvalue weighted by Crippen LogP contribution is -2.12. The van der Waals surface area contributed by atoms with Gasteiger partial charge in [0.15, 0.2) is 0 Å². The molecule has 2 rings (SSSR count). The molecule has 3 nitrogen and oxygen atoms in total. The summed E-state index contributed by atoms with van der Waals surface area (Å²) in [5, 5.41) is 4.53. The first kappa shape index (κ1) is 13.3. The first-order valence-corrected chi connectivity index (χ1v) is 7.70. The standard InChI is InChI=1S/C13H21IN2O/c1-2-3-8-17-10-13-12(14)9-15-16(13)11-6-4-5-7-11/h9,11H,2-8,10H2,1H3. The van der Waals surface area contributed by atoms with Gasteiger partial charge >= 0.3 is 0 Å². The van der Waals surface area contributed by atoms with Crippen LogP contribution < -0.4 is 0 Å². The van der Waals surface area contributed by atoms with Crippen LogP contribution in [0, 0.1) is 3.57 Å². The summed E-state index contributed by atoms with van der Waals surface area (Å²) < 4.78 is 9.18. The Hall–Kier alpha value is -0.100. The molecule has 96 valence electrons. The molecule has 0 bridgehead atoms. The molecule has 1 heterocycles. The van der Waals surface area contributed by atoms with Crippen molar-refractivity contribution in [1.82, 2.24) is 9.78 Å². The van der Waals surface area contributed by atoms with Gasteiger partial charge in [-0.3, -0.25) is 4.68 Å². The van der Waals surface area contributed by atoms with E-state index in [4.69, 9.17) is 4.74 Å². The van der Waals surface area contributed by atoms with E-state index in [2.05, 4.69) is 39.3 Å². The van der Waals surface area contributed by atoms with Crippen LogP contribution in [0.5, 0.6) is 0 Å². The van der Waals surface area contributed by atoms with Crippen molar-refractivity contribution in [2.45, 2.75) is 58.1 Å². The molecule has 0 aliphatic heterocycles.